The molecule has 0 radical (unpaired) electrons. The third kappa shape index (κ3) is 9.14. The van der Waals surface area contributed by atoms with Crippen molar-refractivity contribution < 1.29 is 9.53 Å². The normalized spacial score (nSPS) is 19.0. The van der Waals surface area contributed by atoms with Gasteiger partial charge in [0, 0.05) is 45.3 Å². The van der Waals surface area contributed by atoms with Gasteiger partial charge in [-0.1, -0.05) is 12.2 Å². The van der Waals surface area contributed by atoms with Crippen LogP contribution in [0.3, 0.4) is 0 Å². The first kappa shape index (κ1) is 24.0. The molecule has 0 atom stereocenters. The molecule has 0 bridgehead atoms. The smallest absolute Gasteiger partial charge is 0.410 e. The van der Waals surface area contributed by atoms with Crippen LogP contribution in [0.15, 0.2) is 17.1 Å². The van der Waals surface area contributed by atoms with Gasteiger partial charge < -0.3 is 20.3 Å². The maximum absolute atomic E-state index is 12.1. The molecule has 27 heavy (non-hydrogen) atoms. The van der Waals surface area contributed by atoms with E-state index in [-0.39, 0.29) is 30.1 Å². The molecule has 2 aliphatic rings. The molecule has 7 nitrogen and oxygen atoms in total. The molecule has 156 valence electrons. The van der Waals surface area contributed by atoms with Crippen LogP contribution in [-0.2, 0) is 4.74 Å². The van der Waals surface area contributed by atoms with Gasteiger partial charge in [-0.05, 0) is 40.5 Å². The van der Waals surface area contributed by atoms with Crippen molar-refractivity contribution in [3.63, 3.8) is 0 Å². The molecule has 1 amide bonds. The van der Waals surface area contributed by atoms with E-state index in [4.69, 9.17) is 9.73 Å². The third-order valence-electron chi connectivity index (χ3n) is 4.40. The molecule has 1 aliphatic carbocycles. The van der Waals surface area contributed by atoms with Crippen molar-refractivity contribution in [2.24, 2.45) is 4.99 Å². The number of hydrogen-bond donors (Lipinski definition) is 2. The predicted octanol–water partition coefficient (Wildman–Crippen LogP) is 2.43. The Morgan fingerprint density at radius 2 is 1.81 bits per heavy atom. The Balaban J connectivity index is 0.00000364. The average Bonchev–Trinajstić information content (AvgIpc) is 3.07. The van der Waals surface area contributed by atoms with E-state index in [0.29, 0.717) is 19.1 Å². The standard InChI is InChI=1S/C19H35N5O2.HI/c1-5-20-17(22-16-8-6-7-9-16)21-10-11-23-12-14-24(15-13-23)18(25)26-19(2,3)4;/h6-7,16H,5,8-15H2,1-4H3,(H2,20,21,22);1H. The Hall–Kier alpha value is -1.03. The van der Waals surface area contributed by atoms with Crippen molar-refractivity contribution in [2.75, 3.05) is 45.8 Å². The molecule has 0 aromatic heterocycles. The van der Waals surface area contributed by atoms with E-state index < -0.39 is 5.60 Å². The molecule has 0 aromatic rings. The van der Waals surface area contributed by atoms with E-state index in [1.165, 1.54) is 0 Å². The van der Waals surface area contributed by atoms with Crippen LogP contribution in [0.25, 0.3) is 0 Å². The number of ether oxygens (including phenoxy) is 1. The van der Waals surface area contributed by atoms with Gasteiger partial charge in [0.2, 0.25) is 0 Å². The Morgan fingerprint density at radius 1 is 1.19 bits per heavy atom. The summed E-state index contributed by atoms with van der Waals surface area (Å²) in [6.45, 7) is 13.5. The highest BCUT2D eigenvalue weighted by molar-refractivity contribution is 14.0. The quantitative estimate of drug-likeness (QED) is 0.267. The van der Waals surface area contributed by atoms with E-state index >= 15 is 0 Å². The second kappa shape index (κ2) is 11.7. The molecule has 0 aromatic carbocycles. The summed E-state index contributed by atoms with van der Waals surface area (Å²) in [6.07, 6.45) is 6.35. The Labute approximate surface area is 181 Å². The number of halogens is 1. The minimum Gasteiger partial charge on any atom is -0.444 e. The summed E-state index contributed by atoms with van der Waals surface area (Å²) < 4.78 is 5.44. The highest BCUT2D eigenvalue weighted by atomic mass is 127. The van der Waals surface area contributed by atoms with Crippen LogP contribution in [0.2, 0.25) is 0 Å². The third-order valence-corrected chi connectivity index (χ3v) is 4.40. The van der Waals surface area contributed by atoms with Crippen LogP contribution in [0.1, 0.15) is 40.5 Å². The van der Waals surface area contributed by atoms with Crippen molar-refractivity contribution >= 4 is 36.0 Å². The van der Waals surface area contributed by atoms with Crippen molar-refractivity contribution in [2.45, 2.75) is 52.2 Å². The highest BCUT2D eigenvalue weighted by Crippen LogP contribution is 2.12. The second-order valence-corrected chi connectivity index (χ2v) is 7.85. The van der Waals surface area contributed by atoms with Crippen molar-refractivity contribution in [3.8, 4) is 0 Å². The highest BCUT2D eigenvalue weighted by Gasteiger charge is 2.25. The summed E-state index contributed by atoms with van der Waals surface area (Å²) in [6, 6.07) is 0.463. The van der Waals surface area contributed by atoms with Gasteiger partial charge in [0.1, 0.15) is 5.60 Å². The number of piperazine rings is 1. The summed E-state index contributed by atoms with van der Waals surface area (Å²) in [5.41, 5.74) is -0.437. The first-order valence-electron chi connectivity index (χ1n) is 9.77. The first-order valence-corrected chi connectivity index (χ1v) is 9.77. The molecule has 2 rings (SSSR count). The lowest BCUT2D eigenvalue weighted by Gasteiger charge is -2.35. The second-order valence-electron chi connectivity index (χ2n) is 7.85. The van der Waals surface area contributed by atoms with E-state index in [1.54, 1.807) is 4.90 Å². The van der Waals surface area contributed by atoms with Gasteiger partial charge >= 0.3 is 6.09 Å². The number of aliphatic imine (C=N–C) groups is 1. The molecule has 2 N–H and O–H groups in total. The molecular formula is C19H36IN5O2. The number of carbonyl (C=O) groups is 1. The molecule has 0 spiro atoms. The van der Waals surface area contributed by atoms with Crippen LogP contribution in [0.4, 0.5) is 4.79 Å². The number of nitrogens with zero attached hydrogens (tertiary/aromatic N) is 3. The fourth-order valence-electron chi connectivity index (χ4n) is 3.03. The summed E-state index contributed by atoms with van der Waals surface area (Å²) in [7, 11) is 0. The maximum Gasteiger partial charge on any atom is 0.410 e. The minimum absolute atomic E-state index is 0. The fraction of sp³-hybridized carbons (Fsp3) is 0.789. The predicted molar refractivity (Wildman–Crippen MR) is 121 cm³/mol. The van der Waals surface area contributed by atoms with Gasteiger partial charge in [-0.25, -0.2) is 4.79 Å². The van der Waals surface area contributed by atoms with Crippen molar-refractivity contribution in [1.29, 1.82) is 0 Å². The number of guanidine groups is 1. The molecule has 0 unspecified atom stereocenters. The molecule has 0 saturated carbocycles. The summed E-state index contributed by atoms with van der Waals surface area (Å²) in [4.78, 5) is 20.9. The Morgan fingerprint density at radius 3 is 2.37 bits per heavy atom. The number of amides is 1. The zero-order valence-electron chi connectivity index (χ0n) is 17.2. The van der Waals surface area contributed by atoms with Crippen LogP contribution in [0, 0.1) is 0 Å². The van der Waals surface area contributed by atoms with Gasteiger partial charge in [-0.3, -0.25) is 9.89 Å². The number of hydrogen-bond acceptors (Lipinski definition) is 4. The van der Waals surface area contributed by atoms with E-state index in [2.05, 4.69) is 34.6 Å². The Kier molecular flexibility index (Phi) is 10.4. The zero-order chi connectivity index (χ0) is 19.0. The van der Waals surface area contributed by atoms with Crippen molar-refractivity contribution in [1.82, 2.24) is 20.4 Å². The SMILES string of the molecule is CCNC(=NCCN1CCN(C(=O)OC(C)(C)C)CC1)NC1CC=CC1.I. The molecule has 1 heterocycles. The lowest BCUT2D eigenvalue weighted by atomic mass is 10.2. The zero-order valence-corrected chi connectivity index (χ0v) is 19.5. The molecule has 8 heteroatoms. The summed E-state index contributed by atoms with van der Waals surface area (Å²) >= 11 is 0. The van der Waals surface area contributed by atoms with Gasteiger partial charge in [0.05, 0.1) is 6.54 Å². The lowest BCUT2D eigenvalue weighted by Crippen LogP contribution is -2.50. The van der Waals surface area contributed by atoms with Crippen LogP contribution >= 0.6 is 24.0 Å². The minimum atomic E-state index is -0.437. The van der Waals surface area contributed by atoms with Crippen LogP contribution < -0.4 is 10.6 Å². The monoisotopic (exact) mass is 493 g/mol. The number of rotatable bonds is 5. The van der Waals surface area contributed by atoms with Gasteiger partial charge in [-0.15, -0.1) is 24.0 Å². The summed E-state index contributed by atoms with van der Waals surface area (Å²) in [5.74, 6) is 0.897. The lowest BCUT2D eigenvalue weighted by molar-refractivity contribution is 0.0148. The maximum atomic E-state index is 12.1. The molecule has 1 aliphatic heterocycles. The average molecular weight is 493 g/mol. The molecule has 1 fully saturated rings. The largest absolute Gasteiger partial charge is 0.444 e. The van der Waals surface area contributed by atoms with E-state index in [1.807, 2.05) is 20.8 Å². The first-order chi connectivity index (χ1) is 12.4. The number of carbonyl (C=O) groups excluding carboxylic acids is 1. The van der Waals surface area contributed by atoms with Gasteiger partial charge in [-0.2, -0.15) is 0 Å². The van der Waals surface area contributed by atoms with Gasteiger partial charge in [0.25, 0.3) is 0 Å². The van der Waals surface area contributed by atoms with Crippen LogP contribution in [0.5, 0.6) is 0 Å². The molecule has 1 saturated heterocycles. The van der Waals surface area contributed by atoms with Crippen LogP contribution in [-0.4, -0.2) is 79.3 Å². The fourth-order valence-corrected chi connectivity index (χ4v) is 3.03. The summed E-state index contributed by atoms with van der Waals surface area (Å²) in [5, 5.41) is 6.80. The number of nitrogens with one attached hydrogen (secondary N) is 2. The Bertz CT molecular complexity index is 503. The van der Waals surface area contributed by atoms with Crippen molar-refractivity contribution in [3.05, 3.63) is 12.2 Å². The molecular weight excluding hydrogens is 457 g/mol. The van der Waals surface area contributed by atoms with E-state index in [0.717, 1.165) is 51.5 Å². The van der Waals surface area contributed by atoms with E-state index in [9.17, 15) is 4.79 Å². The topological polar surface area (TPSA) is 69.2 Å². The van der Waals surface area contributed by atoms with Gasteiger partial charge in [0.15, 0.2) is 5.96 Å².